The van der Waals surface area contributed by atoms with Gasteiger partial charge in [0.25, 0.3) is 0 Å². The van der Waals surface area contributed by atoms with Crippen LogP contribution in [0.2, 0.25) is 0 Å². The maximum absolute atomic E-state index is 11.3. The van der Waals surface area contributed by atoms with Gasteiger partial charge in [-0.2, -0.15) is 4.58 Å². The summed E-state index contributed by atoms with van der Waals surface area (Å²) in [6.07, 6.45) is 0. The maximum Gasteiger partial charge on any atom is 0.215 e. The molecular formula is C17H17NO3S. The zero-order valence-electron chi connectivity index (χ0n) is 12.7. The average molecular weight is 315 g/mol. The molecule has 0 bridgehead atoms. The molecule has 0 fully saturated rings. The van der Waals surface area contributed by atoms with Crippen molar-refractivity contribution >= 4 is 27.2 Å². The molecule has 0 saturated heterocycles. The lowest BCUT2D eigenvalue weighted by Crippen LogP contribution is -2.26. The summed E-state index contributed by atoms with van der Waals surface area (Å²) in [5, 5.41) is 0. The molecule has 1 aliphatic rings. The van der Waals surface area contributed by atoms with E-state index in [-0.39, 0.29) is 10.3 Å². The van der Waals surface area contributed by atoms with E-state index >= 15 is 0 Å². The molecule has 0 aliphatic carbocycles. The second-order valence-corrected chi connectivity index (χ2v) is 7.39. The Balaban J connectivity index is 2.28. The third-order valence-corrected chi connectivity index (χ3v) is 5.26. The van der Waals surface area contributed by atoms with E-state index in [1.54, 1.807) is 6.07 Å². The molecule has 0 radical (unpaired) electrons. The number of fused-ring (bicyclic) bond motifs is 1. The molecular weight excluding hydrogens is 298 g/mol. The molecule has 0 spiro atoms. The highest BCUT2D eigenvalue weighted by Crippen LogP contribution is 2.42. The zero-order chi connectivity index (χ0) is 16.1. The summed E-state index contributed by atoms with van der Waals surface area (Å²) in [4.78, 5) is -0.179. The Labute approximate surface area is 130 Å². The predicted molar refractivity (Wildman–Crippen MR) is 86.0 cm³/mol. The minimum absolute atomic E-state index is 0.179. The Hall–Kier alpha value is -1.98. The van der Waals surface area contributed by atoms with Crippen LogP contribution in [0.3, 0.4) is 0 Å². The molecule has 0 aromatic heterocycles. The normalized spacial score (nSPS) is 16.7. The van der Waals surface area contributed by atoms with E-state index in [0.717, 1.165) is 22.6 Å². The SMILES string of the molecule is CC1=[N+](c2ccccc2)c2ccc(S(=O)(=O)[O-])cc2C1(C)C. The highest BCUT2D eigenvalue weighted by Gasteiger charge is 2.44. The molecule has 3 rings (SSSR count). The first-order valence-corrected chi connectivity index (χ1v) is 8.43. The summed E-state index contributed by atoms with van der Waals surface area (Å²) in [7, 11) is -4.45. The van der Waals surface area contributed by atoms with Gasteiger partial charge in [-0.15, -0.1) is 0 Å². The number of hydrogen-bond donors (Lipinski definition) is 0. The van der Waals surface area contributed by atoms with Gasteiger partial charge in [-0.05, 0) is 26.0 Å². The van der Waals surface area contributed by atoms with Crippen LogP contribution in [0.25, 0.3) is 0 Å². The molecule has 5 heteroatoms. The zero-order valence-corrected chi connectivity index (χ0v) is 13.5. The van der Waals surface area contributed by atoms with Crippen LogP contribution >= 0.6 is 0 Å². The molecule has 0 saturated carbocycles. The van der Waals surface area contributed by atoms with Gasteiger partial charge in [0.05, 0.1) is 10.3 Å². The topological polar surface area (TPSA) is 60.2 Å². The van der Waals surface area contributed by atoms with Gasteiger partial charge in [0.1, 0.15) is 10.1 Å². The van der Waals surface area contributed by atoms with E-state index in [9.17, 15) is 13.0 Å². The molecule has 0 N–H and O–H groups in total. The van der Waals surface area contributed by atoms with Gasteiger partial charge in [0, 0.05) is 30.7 Å². The van der Waals surface area contributed by atoms with Crippen molar-refractivity contribution in [1.82, 2.24) is 4.58 Å². The van der Waals surface area contributed by atoms with E-state index in [0.29, 0.717) is 0 Å². The van der Waals surface area contributed by atoms with E-state index in [4.69, 9.17) is 0 Å². The predicted octanol–water partition coefficient (Wildman–Crippen LogP) is 3.18. The third-order valence-electron chi connectivity index (χ3n) is 4.43. The monoisotopic (exact) mass is 315 g/mol. The maximum atomic E-state index is 11.3. The van der Waals surface area contributed by atoms with Gasteiger partial charge in [0.15, 0.2) is 5.71 Å². The lowest BCUT2D eigenvalue weighted by atomic mass is 9.82. The Morgan fingerprint density at radius 3 is 2.27 bits per heavy atom. The van der Waals surface area contributed by atoms with Crippen molar-refractivity contribution in [1.29, 1.82) is 0 Å². The molecule has 0 atom stereocenters. The molecule has 1 heterocycles. The number of hydrogen-bond acceptors (Lipinski definition) is 3. The van der Waals surface area contributed by atoms with Crippen LogP contribution in [0.5, 0.6) is 0 Å². The van der Waals surface area contributed by atoms with Crippen molar-refractivity contribution in [3.05, 3.63) is 54.1 Å². The fourth-order valence-corrected chi connectivity index (χ4v) is 3.43. The fourth-order valence-electron chi connectivity index (χ4n) is 2.93. The standard InChI is InChI=1S/C17H17NO3S/c1-12-17(2,3)15-11-14(22(19,20)21)9-10-16(15)18(12)13-7-5-4-6-8-13/h4-11H,1-3H3. The summed E-state index contributed by atoms with van der Waals surface area (Å²) in [5.74, 6) is 0. The van der Waals surface area contributed by atoms with Crippen molar-refractivity contribution in [3.8, 4) is 0 Å². The molecule has 114 valence electrons. The summed E-state index contributed by atoms with van der Waals surface area (Å²) in [5.41, 5.74) is 3.54. The van der Waals surface area contributed by atoms with Crippen LogP contribution in [0.15, 0.2) is 53.4 Å². The number of benzene rings is 2. The highest BCUT2D eigenvalue weighted by molar-refractivity contribution is 7.85. The Morgan fingerprint density at radius 1 is 1.05 bits per heavy atom. The fraction of sp³-hybridized carbons (Fsp3) is 0.235. The van der Waals surface area contributed by atoms with Crippen LogP contribution in [0, 0.1) is 0 Å². The summed E-state index contributed by atoms with van der Waals surface area (Å²) < 4.78 is 36.0. The first-order chi connectivity index (χ1) is 10.2. The number of para-hydroxylation sites is 1. The van der Waals surface area contributed by atoms with Crippen molar-refractivity contribution in [2.24, 2.45) is 0 Å². The minimum atomic E-state index is -4.45. The Kier molecular flexibility index (Phi) is 3.23. The molecule has 1 aliphatic heterocycles. The van der Waals surface area contributed by atoms with Crippen molar-refractivity contribution in [2.75, 3.05) is 0 Å². The highest BCUT2D eigenvalue weighted by atomic mass is 32.2. The summed E-state index contributed by atoms with van der Waals surface area (Å²) >= 11 is 0. The van der Waals surface area contributed by atoms with Crippen LogP contribution in [0.4, 0.5) is 11.4 Å². The first kappa shape index (κ1) is 14.9. The lowest BCUT2D eigenvalue weighted by molar-refractivity contribution is 0.463. The van der Waals surface area contributed by atoms with Crippen molar-refractivity contribution < 1.29 is 13.0 Å². The summed E-state index contributed by atoms with van der Waals surface area (Å²) in [6.45, 7) is 6.09. The molecule has 0 unspecified atom stereocenters. The summed E-state index contributed by atoms with van der Waals surface area (Å²) in [6, 6.07) is 14.5. The Morgan fingerprint density at radius 2 is 1.68 bits per heavy atom. The van der Waals surface area contributed by atoms with E-state index in [2.05, 4.69) is 4.58 Å². The minimum Gasteiger partial charge on any atom is -0.744 e. The second kappa shape index (κ2) is 4.76. The van der Waals surface area contributed by atoms with Crippen molar-refractivity contribution in [2.45, 2.75) is 31.1 Å². The van der Waals surface area contributed by atoms with Crippen molar-refractivity contribution in [3.63, 3.8) is 0 Å². The van der Waals surface area contributed by atoms with E-state index < -0.39 is 10.1 Å². The molecule has 2 aromatic carbocycles. The van der Waals surface area contributed by atoms with E-state index in [1.807, 2.05) is 51.1 Å². The first-order valence-electron chi connectivity index (χ1n) is 7.02. The largest absolute Gasteiger partial charge is 0.744 e. The van der Waals surface area contributed by atoms with Crippen LogP contribution in [0.1, 0.15) is 26.3 Å². The molecule has 2 aromatic rings. The quantitative estimate of drug-likeness (QED) is 0.631. The van der Waals surface area contributed by atoms with Crippen LogP contribution in [-0.4, -0.2) is 18.7 Å². The van der Waals surface area contributed by atoms with E-state index in [1.165, 1.54) is 12.1 Å². The second-order valence-electron chi connectivity index (χ2n) is 6.01. The molecule has 0 amide bonds. The number of nitrogens with zero attached hydrogens (tertiary/aromatic N) is 1. The molecule has 4 nitrogen and oxygen atoms in total. The van der Waals surface area contributed by atoms with Gasteiger partial charge in [0.2, 0.25) is 11.4 Å². The van der Waals surface area contributed by atoms with Crippen LogP contribution in [-0.2, 0) is 15.5 Å². The Bertz CT molecular complexity index is 881. The smallest absolute Gasteiger partial charge is 0.215 e. The lowest BCUT2D eigenvalue weighted by Gasteiger charge is -2.16. The number of rotatable bonds is 2. The molecule has 22 heavy (non-hydrogen) atoms. The average Bonchev–Trinajstić information content (AvgIpc) is 2.66. The van der Waals surface area contributed by atoms with Gasteiger partial charge in [-0.3, -0.25) is 0 Å². The van der Waals surface area contributed by atoms with Gasteiger partial charge in [-0.25, -0.2) is 8.42 Å². The third kappa shape index (κ3) is 2.17. The van der Waals surface area contributed by atoms with Gasteiger partial charge >= 0.3 is 0 Å². The van der Waals surface area contributed by atoms with Crippen LogP contribution < -0.4 is 4.58 Å². The van der Waals surface area contributed by atoms with Gasteiger partial charge in [-0.1, -0.05) is 18.2 Å². The van der Waals surface area contributed by atoms with Gasteiger partial charge < -0.3 is 4.55 Å².